The molecular weight excluding hydrogens is 421 g/mol. The second-order valence-electron chi connectivity index (χ2n) is 4.90. The number of hydrogen-bond donors (Lipinski definition) is 0. The summed E-state index contributed by atoms with van der Waals surface area (Å²) in [5.41, 5.74) is 1.13. The van der Waals surface area contributed by atoms with E-state index in [1.54, 1.807) is 50.7 Å². The van der Waals surface area contributed by atoms with Crippen molar-refractivity contribution in [2.24, 2.45) is 0 Å². The quantitative estimate of drug-likeness (QED) is 0.457. The Labute approximate surface area is 152 Å². The maximum atomic E-state index is 12.5. The number of rotatable bonds is 4. The molecule has 0 bridgehead atoms. The van der Waals surface area contributed by atoms with E-state index in [9.17, 15) is 4.79 Å². The highest BCUT2D eigenvalue weighted by Crippen LogP contribution is 2.36. The van der Waals surface area contributed by atoms with Crippen molar-refractivity contribution in [2.45, 2.75) is 0 Å². The molecule has 0 N–H and O–H groups in total. The van der Waals surface area contributed by atoms with Gasteiger partial charge in [-0.25, -0.2) is 4.79 Å². The first-order valence-corrected chi connectivity index (χ1v) is 8.19. The molecule has 122 valence electrons. The molecular formula is C18H14INO4. The summed E-state index contributed by atoms with van der Waals surface area (Å²) >= 11 is 2.11. The summed E-state index contributed by atoms with van der Waals surface area (Å²) in [6.07, 6.45) is 1.58. The van der Waals surface area contributed by atoms with Crippen LogP contribution < -0.4 is 14.2 Å². The molecule has 0 atom stereocenters. The molecule has 1 aromatic heterocycles. The summed E-state index contributed by atoms with van der Waals surface area (Å²) in [5.74, 6) is 1.12. The van der Waals surface area contributed by atoms with Gasteiger partial charge in [0.1, 0.15) is 17.2 Å². The van der Waals surface area contributed by atoms with E-state index in [0.717, 1.165) is 3.57 Å². The minimum absolute atomic E-state index is 0.393. The Morgan fingerprint density at radius 3 is 2.54 bits per heavy atom. The number of pyridine rings is 1. The summed E-state index contributed by atoms with van der Waals surface area (Å²) in [4.78, 5) is 16.8. The molecule has 0 saturated carbocycles. The monoisotopic (exact) mass is 435 g/mol. The highest BCUT2D eigenvalue weighted by Gasteiger charge is 2.17. The van der Waals surface area contributed by atoms with Crippen LogP contribution in [0.15, 0.2) is 48.7 Å². The van der Waals surface area contributed by atoms with Crippen molar-refractivity contribution < 1.29 is 19.0 Å². The zero-order valence-corrected chi connectivity index (χ0v) is 15.2. The molecule has 0 aliphatic heterocycles. The molecule has 3 rings (SSSR count). The van der Waals surface area contributed by atoms with Gasteiger partial charge < -0.3 is 14.2 Å². The van der Waals surface area contributed by atoms with Crippen molar-refractivity contribution >= 4 is 39.5 Å². The Balaban J connectivity index is 2.07. The van der Waals surface area contributed by atoms with Gasteiger partial charge in [-0.05, 0) is 34.7 Å². The fourth-order valence-corrected chi connectivity index (χ4v) is 2.95. The van der Waals surface area contributed by atoms with Gasteiger partial charge in [-0.15, -0.1) is 0 Å². The van der Waals surface area contributed by atoms with Crippen LogP contribution in [-0.4, -0.2) is 25.2 Å². The van der Waals surface area contributed by atoms with Crippen LogP contribution in [-0.2, 0) is 0 Å². The Kier molecular flexibility index (Phi) is 4.84. The molecule has 0 spiro atoms. The van der Waals surface area contributed by atoms with Crippen molar-refractivity contribution in [1.82, 2.24) is 4.98 Å². The predicted molar refractivity (Wildman–Crippen MR) is 99.0 cm³/mol. The number of nitrogens with zero attached hydrogens (tertiary/aromatic N) is 1. The van der Waals surface area contributed by atoms with E-state index in [-0.39, 0.29) is 0 Å². The van der Waals surface area contributed by atoms with Gasteiger partial charge in [-0.1, -0.05) is 12.1 Å². The first-order valence-electron chi connectivity index (χ1n) is 7.11. The van der Waals surface area contributed by atoms with Crippen molar-refractivity contribution in [2.75, 3.05) is 14.2 Å². The lowest BCUT2D eigenvalue weighted by Gasteiger charge is -2.12. The van der Waals surface area contributed by atoms with Crippen molar-refractivity contribution in [3.05, 3.63) is 57.8 Å². The van der Waals surface area contributed by atoms with E-state index in [4.69, 9.17) is 14.2 Å². The lowest BCUT2D eigenvalue weighted by molar-refractivity contribution is 0.0736. The minimum atomic E-state index is -0.426. The van der Waals surface area contributed by atoms with Crippen molar-refractivity contribution in [1.29, 1.82) is 0 Å². The number of esters is 1. The SMILES string of the molecule is COc1cc(OC)c2c(OC(=O)c3ccccc3I)ccnc2c1. The summed E-state index contributed by atoms with van der Waals surface area (Å²) in [6, 6.07) is 12.4. The van der Waals surface area contributed by atoms with Gasteiger partial charge in [0.25, 0.3) is 0 Å². The number of fused-ring (bicyclic) bond motifs is 1. The summed E-state index contributed by atoms with van der Waals surface area (Å²) in [5, 5.41) is 0.625. The molecule has 0 radical (unpaired) electrons. The Bertz CT molecular complexity index is 911. The lowest BCUT2D eigenvalue weighted by atomic mass is 10.1. The van der Waals surface area contributed by atoms with E-state index >= 15 is 0 Å². The molecule has 5 nitrogen and oxygen atoms in total. The second kappa shape index (κ2) is 7.04. The third-order valence-corrected chi connectivity index (χ3v) is 4.43. The fourth-order valence-electron chi connectivity index (χ4n) is 2.34. The van der Waals surface area contributed by atoms with Crippen LogP contribution in [0.25, 0.3) is 10.9 Å². The van der Waals surface area contributed by atoms with Gasteiger partial charge in [0.2, 0.25) is 0 Å². The van der Waals surface area contributed by atoms with Gasteiger partial charge in [0.05, 0.1) is 30.7 Å². The molecule has 1 heterocycles. The third kappa shape index (κ3) is 3.14. The molecule has 0 fully saturated rings. The molecule has 0 aliphatic carbocycles. The predicted octanol–water partition coefficient (Wildman–Crippen LogP) is 4.08. The van der Waals surface area contributed by atoms with Crippen LogP contribution in [0.3, 0.4) is 0 Å². The first kappa shape index (κ1) is 16.5. The van der Waals surface area contributed by atoms with Crippen molar-refractivity contribution in [3.63, 3.8) is 0 Å². The van der Waals surface area contributed by atoms with E-state index in [1.807, 2.05) is 12.1 Å². The number of hydrogen-bond acceptors (Lipinski definition) is 5. The van der Waals surface area contributed by atoms with Gasteiger partial charge in [0, 0.05) is 28.0 Å². The molecule has 0 unspecified atom stereocenters. The zero-order chi connectivity index (χ0) is 17.1. The zero-order valence-electron chi connectivity index (χ0n) is 13.1. The smallest absolute Gasteiger partial charge is 0.344 e. The fraction of sp³-hybridized carbons (Fsp3) is 0.111. The average Bonchev–Trinajstić information content (AvgIpc) is 2.61. The number of halogens is 1. The number of carbonyl (C=O) groups is 1. The molecule has 6 heteroatoms. The Hall–Kier alpha value is -2.35. The first-order chi connectivity index (χ1) is 11.6. The van der Waals surface area contributed by atoms with Gasteiger partial charge in [-0.2, -0.15) is 0 Å². The molecule has 0 aliphatic rings. The minimum Gasteiger partial charge on any atom is -0.497 e. The number of methoxy groups -OCH3 is 2. The van der Waals surface area contributed by atoms with Crippen LogP contribution >= 0.6 is 22.6 Å². The maximum Gasteiger partial charge on any atom is 0.344 e. The van der Waals surface area contributed by atoms with Crippen LogP contribution in [0.1, 0.15) is 10.4 Å². The van der Waals surface area contributed by atoms with Crippen LogP contribution in [0.2, 0.25) is 0 Å². The van der Waals surface area contributed by atoms with E-state index in [2.05, 4.69) is 27.6 Å². The number of ether oxygens (including phenoxy) is 3. The normalized spacial score (nSPS) is 10.5. The molecule has 0 saturated heterocycles. The molecule has 3 aromatic rings. The topological polar surface area (TPSA) is 57.7 Å². The summed E-state index contributed by atoms with van der Waals surface area (Å²) in [6.45, 7) is 0. The summed E-state index contributed by atoms with van der Waals surface area (Å²) in [7, 11) is 3.12. The number of aromatic nitrogens is 1. The van der Waals surface area contributed by atoms with Crippen molar-refractivity contribution in [3.8, 4) is 17.2 Å². The largest absolute Gasteiger partial charge is 0.497 e. The Morgan fingerprint density at radius 1 is 1.04 bits per heavy atom. The molecule has 24 heavy (non-hydrogen) atoms. The molecule has 0 amide bonds. The van der Waals surface area contributed by atoms with E-state index in [0.29, 0.717) is 33.7 Å². The van der Waals surface area contributed by atoms with Gasteiger partial charge >= 0.3 is 5.97 Å². The lowest BCUT2D eigenvalue weighted by Crippen LogP contribution is -2.10. The number of benzene rings is 2. The highest BCUT2D eigenvalue weighted by molar-refractivity contribution is 14.1. The molecule has 2 aromatic carbocycles. The van der Waals surface area contributed by atoms with Gasteiger partial charge in [-0.3, -0.25) is 4.98 Å². The van der Waals surface area contributed by atoms with Crippen LogP contribution in [0, 0.1) is 3.57 Å². The third-order valence-electron chi connectivity index (χ3n) is 3.49. The number of carbonyl (C=O) groups excluding carboxylic acids is 1. The Morgan fingerprint density at radius 2 is 1.83 bits per heavy atom. The van der Waals surface area contributed by atoms with Crippen LogP contribution in [0.5, 0.6) is 17.2 Å². The van der Waals surface area contributed by atoms with Gasteiger partial charge in [0.15, 0.2) is 0 Å². The maximum absolute atomic E-state index is 12.5. The standard InChI is InChI=1S/C18H14INO4/c1-22-11-9-14-17(16(10-11)23-2)15(7-8-20-14)24-18(21)12-5-3-4-6-13(12)19/h3-10H,1-2H3. The van der Waals surface area contributed by atoms with E-state index in [1.165, 1.54) is 0 Å². The average molecular weight is 435 g/mol. The highest BCUT2D eigenvalue weighted by atomic mass is 127. The second-order valence-corrected chi connectivity index (χ2v) is 6.06. The van der Waals surface area contributed by atoms with E-state index < -0.39 is 5.97 Å². The summed E-state index contributed by atoms with van der Waals surface area (Å²) < 4.78 is 17.1. The van der Waals surface area contributed by atoms with Crippen LogP contribution in [0.4, 0.5) is 0 Å².